The van der Waals surface area contributed by atoms with Gasteiger partial charge in [-0.15, -0.1) is 0 Å². The van der Waals surface area contributed by atoms with Gasteiger partial charge in [-0.3, -0.25) is 4.68 Å². The van der Waals surface area contributed by atoms with Gasteiger partial charge in [0, 0.05) is 19.9 Å². The van der Waals surface area contributed by atoms with E-state index in [1.165, 1.54) is 0 Å². The Morgan fingerprint density at radius 2 is 2.17 bits per heavy atom. The highest BCUT2D eigenvalue weighted by molar-refractivity contribution is 5.03. The third-order valence-corrected chi connectivity index (χ3v) is 2.26. The van der Waals surface area contributed by atoms with Crippen LogP contribution in [0.15, 0.2) is 12.4 Å². The first-order valence-electron chi connectivity index (χ1n) is 5.80. The summed E-state index contributed by atoms with van der Waals surface area (Å²) in [5, 5.41) is 7.18. The average Bonchev–Trinajstić information content (AvgIpc) is 2.67. The number of hydrogen-bond acceptors (Lipinski definition) is 3. The van der Waals surface area contributed by atoms with Gasteiger partial charge in [0.05, 0.1) is 6.20 Å². The lowest BCUT2D eigenvalue weighted by Crippen LogP contribution is -2.21. The second-order valence-corrected chi connectivity index (χ2v) is 4.04. The maximum absolute atomic E-state index is 11.7. The van der Waals surface area contributed by atoms with Gasteiger partial charge in [-0.2, -0.15) is 18.3 Å². The molecule has 0 unspecified atom stereocenters. The summed E-state index contributed by atoms with van der Waals surface area (Å²) in [6.07, 6.45) is 0.941. The molecule has 0 amide bonds. The van der Waals surface area contributed by atoms with Crippen molar-refractivity contribution in [3.63, 3.8) is 0 Å². The van der Waals surface area contributed by atoms with E-state index in [2.05, 4.69) is 15.2 Å². The van der Waals surface area contributed by atoms with Crippen molar-refractivity contribution >= 4 is 0 Å². The molecule has 1 aromatic rings. The van der Waals surface area contributed by atoms with Crippen LogP contribution in [0, 0.1) is 0 Å². The van der Waals surface area contributed by atoms with Gasteiger partial charge >= 0.3 is 6.18 Å². The summed E-state index contributed by atoms with van der Waals surface area (Å²) in [5.74, 6) is 0. The van der Waals surface area contributed by atoms with Crippen LogP contribution in [0.3, 0.4) is 0 Å². The van der Waals surface area contributed by atoms with Crippen molar-refractivity contribution in [2.45, 2.75) is 19.0 Å². The smallest absolute Gasteiger partial charge is 0.372 e. The zero-order valence-electron chi connectivity index (χ0n) is 10.3. The average molecular weight is 265 g/mol. The van der Waals surface area contributed by atoms with E-state index in [1.54, 1.807) is 10.9 Å². The Kier molecular flexibility index (Phi) is 6.14. The van der Waals surface area contributed by atoms with Crippen molar-refractivity contribution in [1.29, 1.82) is 0 Å². The number of rotatable bonds is 8. The molecule has 0 fully saturated rings. The van der Waals surface area contributed by atoms with Crippen LogP contribution in [0.2, 0.25) is 0 Å². The molecule has 104 valence electrons. The van der Waals surface area contributed by atoms with E-state index in [1.807, 2.05) is 13.2 Å². The normalized spacial score (nSPS) is 12.0. The highest BCUT2D eigenvalue weighted by Gasteiger charge is 2.27. The number of nitrogens with one attached hydrogen (secondary N) is 1. The van der Waals surface area contributed by atoms with E-state index in [0.29, 0.717) is 13.0 Å². The van der Waals surface area contributed by atoms with Crippen LogP contribution < -0.4 is 5.32 Å². The molecule has 0 atom stereocenters. The SMILES string of the molecule is Cn1cc(CCNCCCOCC(F)(F)F)cn1. The van der Waals surface area contributed by atoms with Crippen LogP contribution >= 0.6 is 0 Å². The van der Waals surface area contributed by atoms with Crippen molar-refractivity contribution in [2.75, 3.05) is 26.3 Å². The molecule has 0 bridgehead atoms. The minimum Gasteiger partial charge on any atom is -0.372 e. The number of ether oxygens (including phenoxy) is 1. The summed E-state index contributed by atoms with van der Waals surface area (Å²) in [5.41, 5.74) is 1.14. The summed E-state index contributed by atoms with van der Waals surface area (Å²) in [6, 6.07) is 0. The van der Waals surface area contributed by atoms with Crippen molar-refractivity contribution in [2.24, 2.45) is 7.05 Å². The first-order chi connectivity index (χ1) is 8.47. The number of hydrogen-bond donors (Lipinski definition) is 1. The highest BCUT2D eigenvalue weighted by atomic mass is 19.4. The number of halogens is 3. The molecule has 0 aliphatic heterocycles. The van der Waals surface area contributed by atoms with E-state index in [9.17, 15) is 13.2 Å². The molecule has 0 saturated heterocycles. The second-order valence-electron chi connectivity index (χ2n) is 4.04. The van der Waals surface area contributed by atoms with Gasteiger partial charge in [-0.1, -0.05) is 0 Å². The molecule has 18 heavy (non-hydrogen) atoms. The van der Waals surface area contributed by atoms with Crippen molar-refractivity contribution in [3.8, 4) is 0 Å². The Balaban J connectivity index is 1.90. The molecule has 4 nitrogen and oxygen atoms in total. The lowest BCUT2D eigenvalue weighted by Gasteiger charge is -2.07. The molecular formula is C11H18F3N3O. The molecule has 1 heterocycles. The van der Waals surface area contributed by atoms with Gasteiger partial charge in [0.15, 0.2) is 0 Å². The lowest BCUT2D eigenvalue weighted by molar-refractivity contribution is -0.173. The number of aryl methyl sites for hydroxylation is 1. The molecule has 0 aromatic carbocycles. The van der Waals surface area contributed by atoms with Gasteiger partial charge in [0.25, 0.3) is 0 Å². The fourth-order valence-corrected chi connectivity index (χ4v) is 1.45. The number of alkyl halides is 3. The maximum atomic E-state index is 11.7. The summed E-state index contributed by atoms with van der Waals surface area (Å²) < 4.78 is 41.4. The summed E-state index contributed by atoms with van der Waals surface area (Å²) in [6.45, 7) is 0.394. The topological polar surface area (TPSA) is 39.1 Å². The third-order valence-electron chi connectivity index (χ3n) is 2.26. The van der Waals surface area contributed by atoms with Crippen LogP contribution in [0.4, 0.5) is 13.2 Å². The van der Waals surface area contributed by atoms with Gasteiger partial charge < -0.3 is 10.1 Å². The molecule has 1 rings (SSSR count). The molecular weight excluding hydrogens is 247 g/mol. The molecule has 0 aliphatic rings. The van der Waals surface area contributed by atoms with Crippen molar-refractivity contribution in [1.82, 2.24) is 15.1 Å². The Hall–Kier alpha value is -1.08. The Bertz CT molecular complexity index is 339. The minimum atomic E-state index is -4.23. The maximum Gasteiger partial charge on any atom is 0.411 e. The molecule has 0 radical (unpaired) electrons. The van der Waals surface area contributed by atoms with Gasteiger partial charge in [-0.05, 0) is 31.5 Å². The van der Waals surface area contributed by atoms with E-state index >= 15 is 0 Å². The molecule has 1 N–H and O–H groups in total. The third kappa shape index (κ3) is 7.29. The largest absolute Gasteiger partial charge is 0.411 e. The van der Waals surface area contributed by atoms with E-state index in [4.69, 9.17) is 0 Å². The van der Waals surface area contributed by atoms with Gasteiger partial charge in [0.2, 0.25) is 0 Å². The van der Waals surface area contributed by atoms with Crippen molar-refractivity contribution in [3.05, 3.63) is 18.0 Å². The minimum absolute atomic E-state index is 0.124. The predicted octanol–water partition coefficient (Wildman–Crippen LogP) is 1.52. The van der Waals surface area contributed by atoms with Crippen LogP contribution in [-0.4, -0.2) is 42.3 Å². The Labute approximate surface area is 104 Å². The van der Waals surface area contributed by atoms with Gasteiger partial charge in [0.1, 0.15) is 6.61 Å². The van der Waals surface area contributed by atoms with Crippen LogP contribution in [0.25, 0.3) is 0 Å². The molecule has 1 aromatic heterocycles. The molecule has 0 aliphatic carbocycles. The first-order valence-corrected chi connectivity index (χ1v) is 5.80. The van der Waals surface area contributed by atoms with Crippen LogP contribution in [0.1, 0.15) is 12.0 Å². The quantitative estimate of drug-likeness (QED) is 0.724. The van der Waals surface area contributed by atoms with E-state index < -0.39 is 12.8 Å². The van der Waals surface area contributed by atoms with Crippen LogP contribution in [0.5, 0.6) is 0 Å². The Morgan fingerprint density at radius 1 is 1.39 bits per heavy atom. The number of nitrogens with zero attached hydrogens (tertiary/aromatic N) is 2. The first kappa shape index (κ1) is 15.0. The van der Waals surface area contributed by atoms with E-state index in [0.717, 1.165) is 18.5 Å². The van der Waals surface area contributed by atoms with E-state index in [-0.39, 0.29) is 6.61 Å². The highest BCUT2D eigenvalue weighted by Crippen LogP contribution is 2.14. The molecule has 0 saturated carbocycles. The van der Waals surface area contributed by atoms with Crippen LogP contribution in [-0.2, 0) is 18.2 Å². The zero-order valence-corrected chi connectivity index (χ0v) is 10.3. The van der Waals surface area contributed by atoms with Crippen molar-refractivity contribution < 1.29 is 17.9 Å². The summed E-state index contributed by atoms with van der Waals surface area (Å²) in [4.78, 5) is 0. The fourth-order valence-electron chi connectivity index (χ4n) is 1.45. The monoisotopic (exact) mass is 265 g/mol. The van der Waals surface area contributed by atoms with Gasteiger partial charge in [-0.25, -0.2) is 0 Å². The summed E-state index contributed by atoms with van der Waals surface area (Å²) >= 11 is 0. The molecule has 7 heteroatoms. The predicted molar refractivity (Wildman–Crippen MR) is 61.3 cm³/mol. The molecule has 0 spiro atoms. The zero-order chi connectivity index (χ0) is 13.4. The lowest BCUT2D eigenvalue weighted by atomic mass is 10.2. The second kappa shape index (κ2) is 7.38. The Morgan fingerprint density at radius 3 is 2.78 bits per heavy atom. The fraction of sp³-hybridized carbons (Fsp3) is 0.727. The number of aromatic nitrogens is 2. The summed E-state index contributed by atoms with van der Waals surface area (Å²) in [7, 11) is 1.86. The standard InChI is InChI=1S/C11H18F3N3O/c1-17-8-10(7-16-17)3-5-15-4-2-6-18-9-11(12,13)14/h7-8,15H,2-6,9H2,1H3.